The Kier molecular flexibility index (Phi) is 6.78. The van der Waals surface area contributed by atoms with Crippen LogP contribution in [0.2, 0.25) is 0 Å². The highest BCUT2D eigenvalue weighted by molar-refractivity contribution is 5.85. The molecular formula is C32H44O6. The molecule has 6 heteroatoms. The molecule has 0 saturated heterocycles. The summed E-state index contributed by atoms with van der Waals surface area (Å²) in [6, 6.07) is 0. The third-order valence-electron chi connectivity index (χ3n) is 10.7. The molecule has 2 aliphatic carbocycles. The van der Waals surface area contributed by atoms with Crippen LogP contribution in [0.15, 0.2) is 24.0 Å². The predicted octanol–water partition coefficient (Wildman–Crippen LogP) is 5.63. The van der Waals surface area contributed by atoms with Crippen LogP contribution < -0.4 is 0 Å². The minimum atomic E-state index is -0.838. The zero-order valence-corrected chi connectivity index (χ0v) is 23.7. The van der Waals surface area contributed by atoms with Gasteiger partial charge in [-0.25, -0.2) is 4.79 Å². The maximum Gasteiger partial charge on any atom is 0.331 e. The summed E-state index contributed by atoms with van der Waals surface area (Å²) in [7, 11) is 0. The summed E-state index contributed by atoms with van der Waals surface area (Å²) >= 11 is 0. The van der Waals surface area contributed by atoms with Gasteiger partial charge in [0.1, 0.15) is 18.3 Å². The third kappa shape index (κ3) is 3.71. The Balaban J connectivity index is 1.76. The summed E-state index contributed by atoms with van der Waals surface area (Å²) in [6.07, 6.45) is 11.2. The van der Waals surface area contributed by atoms with Crippen LogP contribution in [0, 0.1) is 39.4 Å². The van der Waals surface area contributed by atoms with Crippen molar-refractivity contribution in [1.29, 1.82) is 0 Å². The van der Waals surface area contributed by atoms with E-state index in [-0.39, 0.29) is 23.8 Å². The Labute approximate surface area is 227 Å². The van der Waals surface area contributed by atoms with Gasteiger partial charge in [-0.15, -0.1) is 5.92 Å². The lowest BCUT2D eigenvalue weighted by Crippen LogP contribution is -2.81. The highest BCUT2D eigenvalue weighted by Crippen LogP contribution is 2.78. The average molecular weight is 525 g/mol. The third-order valence-corrected chi connectivity index (χ3v) is 10.7. The molecule has 2 saturated carbocycles. The van der Waals surface area contributed by atoms with E-state index in [0.29, 0.717) is 44.6 Å². The molecule has 208 valence electrons. The highest BCUT2D eigenvalue weighted by atomic mass is 16.5. The fraction of sp³-hybridized carbons (Fsp3) is 0.750. The topological polar surface area (TPSA) is 82.1 Å². The summed E-state index contributed by atoms with van der Waals surface area (Å²) in [6.45, 7) is 11.5. The van der Waals surface area contributed by atoms with E-state index < -0.39 is 34.1 Å². The van der Waals surface area contributed by atoms with E-state index in [0.717, 1.165) is 31.3 Å². The second-order valence-corrected chi connectivity index (χ2v) is 13.5. The maximum atomic E-state index is 13.1. The molecule has 3 heterocycles. The highest BCUT2D eigenvalue weighted by Gasteiger charge is 2.82. The van der Waals surface area contributed by atoms with Gasteiger partial charge in [-0.1, -0.05) is 46.5 Å². The molecule has 5 aliphatic rings. The Morgan fingerprint density at radius 3 is 2.68 bits per heavy atom. The van der Waals surface area contributed by atoms with Gasteiger partial charge >= 0.3 is 11.9 Å². The summed E-state index contributed by atoms with van der Waals surface area (Å²) in [5.41, 5.74) is -2.17. The first-order valence-corrected chi connectivity index (χ1v) is 14.5. The van der Waals surface area contributed by atoms with Crippen LogP contribution in [0.1, 0.15) is 98.8 Å². The van der Waals surface area contributed by atoms with Crippen LogP contribution in [0.4, 0.5) is 0 Å². The number of fused-ring (bicyclic) bond motifs is 3. The van der Waals surface area contributed by atoms with Crippen LogP contribution in [0.25, 0.3) is 0 Å². The molecule has 0 unspecified atom stereocenters. The number of aliphatic hydroxyl groups excluding tert-OH is 1. The number of rotatable bonds is 7. The fourth-order valence-corrected chi connectivity index (χ4v) is 9.06. The van der Waals surface area contributed by atoms with Crippen molar-refractivity contribution in [2.75, 3.05) is 6.61 Å². The van der Waals surface area contributed by atoms with Crippen LogP contribution in [-0.2, 0) is 23.8 Å². The first kappa shape index (κ1) is 27.3. The first-order valence-electron chi connectivity index (χ1n) is 14.5. The molecule has 0 aromatic heterocycles. The van der Waals surface area contributed by atoms with Crippen LogP contribution in [0.5, 0.6) is 0 Å². The molecule has 0 spiro atoms. The zero-order chi connectivity index (χ0) is 27.4. The van der Waals surface area contributed by atoms with Crippen molar-refractivity contribution in [3.05, 3.63) is 24.0 Å². The van der Waals surface area contributed by atoms with Gasteiger partial charge < -0.3 is 19.3 Å². The predicted molar refractivity (Wildman–Crippen MR) is 143 cm³/mol. The molecule has 0 aromatic carbocycles. The van der Waals surface area contributed by atoms with E-state index in [1.165, 1.54) is 0 Å². The second-order valence-electron chi connectivity index (χ2n) is 13.5. The molecule has 6 atom stereocenters. The summed E-state index contributed by atoms with van der Waals surface area (Å²) in [5, 5.41) is 12.3. The number of hydrogen-bond acceptors (Lipinski definition) is 6. The SMILES string of the molecule is CC(C)CCC[C@]12[C@@H](O)CCC(C)(C)[C@@]13C=CO[C@]2(CCC1=CC(=O)OC1)[C@@]1(C)C#CCCC(=O)O[C@@H]3C1. The van der Waals surface area contributed by atoms with Gasteiger partial charge in [-0.3, -0.25) is 4.79 Å². The average Bonchev–Trinajstić information content (AvgIpc) is 3.29. The Morgan fingerprint density at radius 2 is 1.97 bits per heavy atom. The standard InChI is InChI=1S/C32H44O6/c1-22(2)9-8-14-30-24(33)12-15-28(3,4)31(30)17-18-37-32(30,16-11-23-19-27(35)36-21-23)29(5)13-7-6-10-26(34)38-25(31)20-29/h17-19,22,24-25,33H,6,8-12,14-16,20-21H2,1-5H3/t24-,25+,29-,30-,31-,32+/m0/s1. The first-order chi connectivity index (χ1) is 17.9. The lowest BCUT2D eigenvalue weighted by molar-refractivity contribution is -0.346. The number of hydrogen-bond donors (Lipinski definition) is 1. The second kappa shape index (κ2) is 9.44. The Morgan fingerprint density at radius 1 is 1.18 bits per heavy atom. The number of carbonyl (C=O) groups excluding carboxylic acids is 2. The van der Waals surface area contributed by atoms with Crippen molar-refractivity contribution >= 4 is 11.9 Å². The molecule has 38 heavy (non-hydrogen) atoms. The Hall–Kier alpha value is -2.26. The van der Waals surface area contributed by atoms with E-state index in [2.05, 4.69) is 52.5 Å². The van der Waals surface area contributed by atoms with Crippen LogP contribution in [-0.4, -0.2) is 41.5 Å². The summed E-state index contributed by atoms with van der Waals surface area (Å²) in [4.78, 5) is 25.0. The van der Waals surface area contributed by atoms with Gasteiger partial charge in [0, 0.05) is 24.3 Å². The molecule has 0 radical (unpaired) electrons. The zero-order valence-electron chi connectivity index (χ0n) is 23.7. The number of esters is 2. The van der Waals surface area contributed by atoms with Crippen molar-refractivity contribution in [3.8, 4) is 11.8 Å². The van der Waals surface area contributed by atoms with E-state index in [1.54, 1.807) is 6.08 Å². The molecule has 2 fully saturated rings. The van der Waals surface area contributed by atoms with Crippen molar-refractivity contribution in [2.45, 2.75) is 117 Å². The lowest BCUT2D eigenvalue weighted by atomic mass is 9.30. The summed E-state index contributed by atoms with van der Waals surface area (Å²) in [5.74, 6) is 6.92. The van der Waals surface area contributed by atoms with Crippen molar-refractivity contribution in [1.82, 2.24) is 0 Å². The van der Waals surface area contributed by atoms with Gasteiger partial charge in [0.05, 0.1) is 29.6 Å². The molecule has 6 nitrogen and oxygen atoms in total. The van der Waals surface area contributed by atoms with Crippen LogP contribution >= 0.6 is 0 Å². The van der Waals surface area contributed by atoms with Crippen LogP contribution in [0.3, 0.4) is 0 Å². The molecule has 4 bridgehead atoms. The number of ether oxygens (including phenoxy) is 3. The number of cyclic esters (lactones) is 1. The van der Waals surface area contributed by atoms with Gasteiger partial charge in [0.2, 0.25) is 0 Å². The van der Waals surface area contributed by atoms with Gasteiger partial charge in [-0.05, 0) is 62.0 Å². The molecule has 1 N–H and O–H groups in total. The number of aliphatic hydroxyl groups is 1. The quantitative estimate of drug-likeness (QED) is 0.343. The number of carbonyl (C=O) groups is 2. The molecule has 3 aliphatic heterocycles. The minimum Gasteiger partial charge on any atom is -0.493 e. The van der Waals surface area contributed by atoms with Gasteiger partial charge in [-0.2, -0.15) is 0 Å². The molecule has 0 aromatic rings. The minimum absolute atomic E-state index is 0.214. The van der Waals surface area contributed by atoms with Crippen molar-refractivity contribution in [3.63, 3.8) is 0 Å². The molecule has 0 amide bonds. The van der Waals surface area contributed by atoms with E-state index in [4.69, 9.17) is 14.2 Å². The van der Waals surface area contributed by atoms with Gasteiger partial charge in [0.15, 0.2) is 0 Å². The monoisotopic (exact) mass is 524 g/mol. The van der Waals surface area contributed by atoms with Gasteiger partial charge in [0.25, 0.3) is 0 Å². The summed E-state index contributed by atoms with van der Waals surface area (Å²) < 4.78 is 18.6. The normalized spacial score (nSPS) is 40.9. The van der Waals surface area contributed by atoms with E-state index >= 15 is 0 Å². The lowest BCUT2D eigenvalue weighted by Gasteiger charge is -2.76. The largest absolute Gasteiger partial charge is 0.493 e. The smallest absolute Gasteiger partial charge is 0.331 e. The molecule has 5 rings (SSSR count). The molecular weight excluding hydrogens is 480 g/mol. The van der Waals surface area contributed by atoms with Crippen molar-refractivity contribution in [2.24, 2.45) is 27.6 Å². The van der Waals surface area contributed by atoms with E-state index in [1.807, 2.05) is 6.26 Å². The van der Waals surface area contributed by atoms with Crippen molar-refractivity contribution < 1.29 is 28.9 Å². The maximum absolute atomic E-state index is 13.1. The fourth-order valence-electron chi connectivity index (χ4n) is 9.06. The van der Waals surface area contributed by atoms with E-state index in [9.17, 15) is 14.7 Å². The Bertz CT molecular complexity index is 1110.